The Morgan fingerprint density at radius 2 is 1.86 bits per heavy atom. The monoisotopic (exact) mass is 483 g/mol. The van der Waals surface area contributed by atoms with Crippen LogP contribution in [0.1, 0.15) is 52.2 Å². The molecule has 188 valence electrons. The van der Waals surface area contributed by atoms with Crippen LogP contribution in [0.4, 0.5) is 14.9 Å². The van der Waals surface area contributed by atoms with E-state index in [2.05, 4.69) is 10.6 Å². The Bertz CT molecular complexity index is 1080. The molecule has 1 aliphatic heterocycles. The highest BCUT2D eigenvalue weighted by molar-refractivity contribution is 6.01. The lowest BCUT2D eigenvalue weighted by atomic mass is 10.0. The maximum Gasteiger partial charge on any atom is 0.408 e. The van der Waals surface area contributed by atoms with E-state index >= 15 is 0 Å². The van der Waals surface area contributed by atoms with E-state index in [9.17, 15) is 18.8 Å². The van der Waals surface area contributed by atoms with Crippen LogP contribution in [-0.4, -0.2) is 41.6 Å². The van der Waals surface area contributed by atoms with Crippen molar-refractivity contribution in [2.75, 3.05) is 4.90 Å². The molecule has 2 N–H and O–H groups in total. The first-order chi connectivity index (χ1) is 16.4. The summed E-state index contributed by atoms with van der Waals surface area (Å²) >= 11 is 0. The molecule has 2 aromatic rings. The molecule has 0 bridgehead atoms. The number of aryl methyl sites for hydroxylation is 1. The predicted octanol–water partition coefficient (Wildman–Crippen LogP) is 4.13. The molecule has 0 fully saturated rings. The zero-order valence-electron chi connectivity index (χ0n) is 20.9. The summed E-state index contributed by atoms with van der Waals surface area (Å²) in [6, 6.07) is 11.6. The second kappa shape index (κ2) is 10.9. The van der Waals surface area contributed by atoms with Gasteiger partial charge in [-0.1, -0.05) is 30.3 Å². The van der Waals surface area contributed by atoms with Crippen LogP contribution in [-0.2, 0) is 27.2 Å². The Morgan fingerprint density at radius 1 is 1.14 bits per heavy atom. The fourth-order valence-electron chi connectivity index (χ4n) is 4.16. The molecule has 2 atom stereocenters. The smallest absolute Gasteiger partial charge is 0.408 e. The molecule has 1 aliphatic rings. The maximum atomic E-state index is 13.8. The topological polar surface area (TPSA) is 87.7 Å². The van der Waals surface area contributed by atoms with Crippen molar-refractivity contribution in [1.29, 1.82) is 0 Å². The summed E-state index contributed by atoms with van der Waals surface area (Å²) in [5.74, 6) is -1.18. The highest BCUT2D eigenvalue weighted by atomic mass is 19.1. The van der Waals surface area contributed by atoms with Crippen molar-refractivity contribution in [3.8, 4) is 0 Å². The summed E-state index contributed by atoms with van der Waals surface area (Å²) in [7, 11) is 0. The number of nitrogens with zero attached hydrogens (tertiary/aromatic N) is 1. The summed E-state index contributed by atoms with van der Waals surface area (Å²) in [4.78, 5) is 41.0. The molecular weight excluding hydrogens is 449 g/mol. The van der Waals surface area contributed by atoms with Crippen LogP contribution < -0.4 is 15.5 Å². The van der Waals surface area contributed by atoms with Gasteiger partial charge in [0.25, 0.3) is 0 Å². The second-order valence-electron chi connectivity index (χ2n) is 10.1. The molecule has 0 aromatic heterocycles. The zero-order chi connectivity index (χ0) is 25.8. The van der Waals surface area contributed by atoms with Crippen molar-refractivity contribution in [2.45, 2.75) is 77.6 Å². The highest BCUT2D eigenvalue weighted by Crippen LogP contribution is 2.28. The number of para-hydroxylation sites is 1. The molecule has 1 unspecified atom stereocenters. The third-order valence-electron chi connectivity index (χ3n) is 5.66. The molecule has 0 saturated heterocycles. The van der Waals surface area contributed by atoms with Gasteiger partial charge >= 0.3 is 6.09 Å². The van der Waals surface area contributed by atoms with Gasteiger partial charge in [0.1, 0.15) is 23.5 Å². The minimum absolute atomic E-state index is 0.0396. The number of carbonyl (C=O) groups excluding carboxylic acids is 3. The SMILES string of the molecule is CC(C)N1C(=O)[C@H](NC(=O)C(Cc2cccc(F)c2)NC(=O)OC(C)(C)C)CCc2ccccc21. The fourth-order valence-corrected chi connectivity index (χ4v) is 4.16. The lowest BCUT2D eigenvalue weighted by molar-refractivity contribution is -0.129. The van der Waals surface area contributed by atoms with Gasteiger partial charge < -0.3 is 20.3 Å². The van der Waals surface area contributed by atoms with Crippen molar-refractivity contribution in [3.05, 3.63) is 65.5 Å². The van der Waals surface area contributed by atoms with Crippen LogP contribution in [0.15, 0.2) is 48.5 Å². The van der Waals surface area contributed by atoms with Gasteiger partial charge in [-0.15, -0.1) is 0 Å². The normalized spacial score (nSPS) is 16.8. The minimum atomic E-state index is -1.06. The van der Waals surface area contributed by atoms with E-state index < -0.39 is 35.5 Å². The molecule has 1 heterocycles. The van der Waals surface area contributed by atoms with Crippen molar-refractivity contribution >= 4 is 23.6 Å². The van der Waals surface area contributed by atoms with Crippen molar-refractivity contribution in [1.82, 2.24) is 10.6 Å². The number of nitrogens with one attached hydrogen (secondary N) is 2. The molecule has 35 heavy (non-hydrogen) atoms. The Hall–Kier alpha value is -3.42. The van der Waals surface area contributed by atoms with Gasteiger partial charge in [0.15, 0.2) is 0 Å². The van der Waals surface area contributed by atoms with Crippen LogP contribution in [0.5, 0.6) is 0 Å². The third-order valence-corrected chi connectivity index (χ3v) is 5.66. The lowest BCUT2D eigenvalue weighted by Gasteiger charge is -2.30. The summed E-state index contributed by atoms with van der Waals surface area (Å²) in [6.45, 7) is 9.01. The van der Waals surface area contributed by atoms with Gasteiger partial charge in [0.05, 0.1) is 0 Å². The maximum absolute atomic E-state index is 13.8. The Labute approximate surface area is 206 Å². The fraction of sp³-hybridized carbons (Fsp3) is 0.444. The number of anilines is 1. The van der Waals surface area contributed by atoms with Crippen molar-refractivity contribution in [2.24, 2.45) is 0 Å². The minimum Gasteiger partial charge on any atom is -0.444 e. The first-order valence-corrected chi connectivity index (χ1v) is 11.9. The largest absolute Gasteiger partial charge is 0.444 e. The average molecular weight is 484 g/mol. The number of amides is 3. The van der Waals surface area contributed by atoms with Crippen LogP contribution in [0.2, 0.25) is 0 Å². The molecule has 0 spiro atoms. The highest BCUT2D eigenvalue weighted by Gasteiger charge is 2.34. The predicted molar refractivity (Wildman–Crippen MR) is 133 cm³/mol. The number of halogens is 1. The van der Waals surface area contributed by atoms with Crippen LogP contribution in [0.3, 0.4) is 0 Å². The molecule has 0 saturated carbocycles. The number of fused-ring (bicyclic) bond motifs is 1. The van der Waals surface area contributed by atoms with Crippen LogP contribution in [0, 0.1) is 5.82 Å². The van der Waals surface area contributed by atoms with E-state index in [1.54, 1.807) is 37.8 Å². The first-order valence-electron chi connectivity index (χ1n) is 11.9. The van der Waals surface area contributed by atoms with Crippen LogP contribution in [0.25, 0.3) is 0 Å². The van der Waals surface area contributed by atoms with Gasteiger partial charge in [0, 0.05) is 18.2 Å². The number of ether oxygens (including phenoxy) is 1. The summed E-state index contributed by atoms with van der Waals surface area (Å²) in [5, 5.41) is 5.43. The number of hydrogen-bond acceptors (Lipinski definition) is 4. The standard InChI is InChI=1S/C27H34FN3O4/c1-17(2)31-23-12-7-6-10-19(23)13-14-21(25(31)33)29-24(32)22(30-26(34)35-27(3,4)5)16-18-9-8-11-20(28)15-18/h6-12,15,17,21-22H,13-14,16H2,1-5H3,(H,29,32)(H,30,34)/t21-,22?/m1/s1. The number of hydrogen-bond donors (Lipinski definition) is 2. The third kappa shape index (κ3) is 7.04. The van der Waals surface area contributed by atoms with E-state index in [4.69, 9.17) is 4.74 Å². The van der Waals surface area contributed by atoms with E-state index in [1.807, 2.05) is 38.1 Å². The molecule has 2 aromatic carbocycles. The zero-order valence-corrected chi connectivity index (χ0v) is 20.9. The van der Waals surface area contributed by atoms with Crippen molar-refractivity contribution in [3.63, 3.8) is 0 Å². The molecule has 7 nitrogen and oxygen atoms in total. The summed E-state index contributed by atoms with van der Waals surface area (Å²) < 4.78 is 19.1. The molecule has 0 aliphatic carbocycles. The Morgan fingerprint density at radius 3 is 2.51 bits per heavy atom. The quantitative estimate of drug-likeness (QED) is 0.647. The van der Waals surface area contributed by atoms with Crippen LogP contribution >= 0.6 is 0 Å². The Balaban J connectivity index is 1.82. The molecule has 3 rings (SSSR count). The summed E-state index contributed by atoms with van der Waals surface area (Å²) in [5.41, 5.74) is 1.65. The first kappa shape index (κ1) is 26.2. The molecule has 8 heteroatoms. The molecule has 3 amide bonds. The lowest BCUT2D eigenvalue weighted by Crippen LogP contribution is -2.56. The Kier molecular flexibility index (Phi) is 8.14. The summed E-state index contributed by atoms with van der Waals surface area (Å²) in [6.07, 6.45) is 0.309. The van der Waals surface area contributed by atoms with E-state index in [1.165, 1.54) is 12.1 Å². The van der Waals surface area contributed by atoms with E-state index in [0.717, 1.165) is 11.3 Å². The molecule has 0 radical (unpaired) electrons. The number of rotatable bonds is 6. The van der Waals surface area contributed by atoms with Gasteiger partial charge in [0.2, 0.25) is 11.8 Å². The number of benzene rings is 2. The molecular formula is C27H34FN3O4. The van der Waals surface area contributed by atoms with Gasteiger partial charge in [-0.05, 0) is 76.8 Å². The second-order valence-corrected chi connectivity index (χ2v) is 10.1. The van der Waals surface area contributed by atoms with Crippen molar-refractivity contribution < 1.29 is 23.5 Å². The number of carbonyl (C=O) groups is 3. The van der Waals surface area contributed by atoms with Gasteiger partial charge in [-0.2, -0.15) is 0 Å². The van der Waals surface area contributed by atoms with E-state index in [0.29, 0.717) is 18.4 Å². The average Bonchev–Trinajstić information content (AvgIpc) is 2.88. The van der Waals surface area contributed by atoms with E-state index in [-0.39, 0.29) is 18.4 Å². The van der Waals surface area contributed by atoms with Gasteiger partial charge in [-0.3, -0.25) is 9.59 Å². The number of alkyl carbamates (subject to hydrolysis) is 1. The van der Waals surface area contributed by atoms with Gasteiger partial charge in [-0.25, -0.2) is 9.18 Å².